The highest BCUT2D eigenvalue weighted by molar-refractivity contribution is 7.92. The Morgan fingerprint density at radius 2 is 1.58 bits per heavy atom. The lowest BCUT2D eigenvalue weighted by molar-refractivity contribution is 0.414. The van der Waals surface area contributed by atoms with Crippen LogP contribution in [0, 0.1) is 0 Å². The SMILES string of the molecule is COc1ccc(S(=O)(=O)Nc2ccc(NC(C)c3nc4ccccc4c(=O)n3C)cc2)cc1. The Hall–Kier alpha value is -3.85. The van der Waals surface area contributed by atoms with E-state index in [9.17, 15) is 13.2 Å². The Kier molecular flexibility index (Phi) is 6.06. The molecule has 33 heavy (non-hydrogen) atoms. The summed E-state index contributed by atoms with van der Waals surface area (Å²) in [6.07, 6.45) is 0. The smallest absolute Gasteiger partial charge is 0.261 e. The van der Waals surface area contributed by atoms with Gasteiger partial charge in [0.25, 0.3) is 15.6 Å². The van der Waals surface area contributed by atoms with E-state index in [0.29, 0.717) is 28.2 Å². The molecule has 1 aromatic heterocycles. The molecular formula is C24H24N4O4S. The molecule has 3 aromatic carbocycles. The number of para-hydroxylation sites is 1. The van der Waals surface area contributed by atoms with E-state index in [4.69, 9.17) is 4.74 Å². The molecule has 0 spiro atoms. The van der Waals surface area contributed by atoms with E-state index >= 15 is 0 Å². The van der Waals surface area contributed by atoms with E-state index in [1.807, 2.05) is 25.1 Å². The average Bonchev–Trinajstić information content (AvgIpc) is 2.82. The van der Waals surface area contributed by atoms with E-state index in [2.05, 4.69) is 15.0 Å². The van der Waals surface area contributed by atoms with Crippen LogP contribution in [-0.2, 0) is 17.1 Å². The molecule has 0 bridgehead atoms. The summed E-state index contributed by atoms with van der Waals surface area (Å²) in [6, 6.07) is 20.0. The number of hydrogen-bond donors (Lipinski definition) is 2. The van der Waals surface area contributed by atoms with E-state index in [0.717, 1.165) is 5.69 Å². The zero-order valence-corrected chi connectivity index (χ0v) is 19.3. The lowest BCUT2D eigenvalue weighted by Gasteiger charge is -2.18. The number of methoxy groups -OCH3 is 1. The molecule has 1 atom stereocenters. The van der Waals surface area contributed by atoms with Crippen molar-refractivity contribution in [1.82, 2.24) is 9.55 Å². The van der Waals surface area contributed by atoms with Gasteiger partial charge in [-0.25, -0.2) is 13.4 Å². The molecule has 0 fully saturated rings. The number of rotatable bonds is 7. The second-order valence-electron chi connectivity index (χ2n) is 7.58. The number of nitrogens with one attached hydrogen (secondary N) is 2. The van der Waals surface area contributed by atoms with Crippen LogP contribution in [-0.4, -0.2) is 25.1 Å². The Morgan fingerprint density at radius 3 is 2.24 bits per heavy atom. The van der Waals surface area contributed by atoms with Crippen molar-refractivity contribution in [3.05, 3.63) is 89.0 Å². The predicted molar refractivity (Wildman–Crippen MR) is 129 cm³/mol. The van der Waals surface area contributed by atoms with Gasteiger partial charge in [-0.3, -0.25) is 14.1 Å². The van der Waals surface area contributed by atoms with Crippen molar-refractivity contribution in [2.24, 2.45) is 7.05 Å². The second kappa shape index (κ2) is 8.95. The van der Waals surface area contributed by atoms with Gasteiger partial charge in [-0.15, -0.1) is 0 Å². The average molecular weight is 465 g/mol. The molecule has 0 radical (unpaired) electrons. The standard InChI is InChI=1S/C24H24N4O4S/c1-16(23-26-22-7-5-4-6-21(22)24(29)28(23)2)25-17-8-10-18(11-9-17)27-33(30,31)20-14-12-19(32-3)13-15-20/h4-16,25,27H,1-3H3. The van der Waals surface area contributed by atoms with Crippen LogP contribution in [0.5, 0.6) is 5.75 Å². The minimum absolute atomic E-state index is 0.104. The topological polar surface area (TPSA) is 102 Å². The molecule has 9 heteroatoms. The third-order valence-corrected chi connectivity index (χ3v) is 6.69. The zero-order valence-electron chi connectivity index (χ0n) is 18.4. The van der Waals surface area contributed by atoms with Gasteiger partial charge >= 0.3 is 0 Å². The lowest BCUT2D eigenvalue weighted by Crippen LogP contribution is -2.26. The quantitative estimate of drug-likeness (QED) is 0.430. The molecule has 0 saturated carbocycles. The molecule has 8 nitrogen and oxygen atoms in total. The number of hydrogen-bond acceptors (Lipinski definition) is 6. The van der Waals surface area contributed by atoms with Crippen molar-refractivity contribution >= 4 is 32.3 Å². The first-order chi connectivity index (χ1) is 15.8. The van der Waals surface area contributed by atoms with Gasteiger partial charge in [0.05, 0.1) is 29.0 Å². The first-order valence-corrected chi connectivity index (χ1v) is 11.8. The lowest BCUT2D eigenvalue weighted by atomic mass is 10.2. The normalized spacial score (nSPS) is 12.3. The van der Waals surface area contributed by atoms with E-state index in [1.54, 1.807) is 49.5 Å². The van der Waals surface area contributed by atoms with Crippen molar-refractivity contribution in [2.75, 3.05) is 17.1 Å². The number of sulfonamides is 1. The molecule has 4 rings (SSSR count). The van der Waals surface area contributed by atoms with Crippen LogP contribution in [0.3, 0.4) is 0 Å². The summed E-state index contributed by atoms with van der Waals surface area (Å²) in [5.41, 5.74) is 1.73. The monoisotopic (exact) mass is 464 g/mol. The summed E-state index contributed by atoms with van der Waals surface area (Å²) < 4.78 is 34.4. The number of ether oxygens (including phenoxy) is 1. The van der Waals surface area contributed by atoms with Crippen molar-refractivity contribution in [1.29, 1.82) is 0 Å². The molecule has 0 aliphatic carbocycles. The molecular weight excluding hydrogens is 440 g/mol. The summed E-state index contributed by atoms with van der Waals surface area (Å²) in [5.74, 6) is 1.18. The van der Waals surface area contributed by atoms with Gasteiger partial charge in [0.15, 0.2) is 0 Å². The Labute approximate surface area is 191 Å². The summed E-state index contributed by atoms with van der Waals surface area (Å²) >= 11 is 0. The first kappa shape index (κ1) is 22.3. The van der Waals surface area contributed by atoms with Crippen molar-refractivity contribution in [3.8, 4) is 5.75 Å². The molecule has 0 aliphatic rings. The molecule has 2 N–H and O–H groups in total. The van der Waals surface area contributed by atoms with Gasteiger partial charge in [0.1, 0.15) is 11.6 Å². The molecule has 1 heterocycles. The molecule has 0 aliphatic heterocycles. The van der Waals surface area contributed by atoms with Gasteiger partial charge in [-0.05, 0) is 67.6 Å². The molecule has 1 unspecified atom stereocenters. The number of anilines is 2. The van der Waals surface area contributed by atoms with Crippen LogP contribution >= 0.6 is 0 Å². The third kappa shape index (κ3) is 4.68. The fraction of sp³-hybridized carbons (Fsp3) is 0.167. The zero-order chi connectivity index (χ0) is 23.6. The summed E-state index contributed by atoms with van der Waals surface area (Å²) in [5, 5.41) is 3.89. The van der Waals surface area contributed by atoms with Crippen molar-refractivity contribution in [3.63, 3.8) is 0 Å². The molecule has 0 amide bonds. The fourth-order valence-corrected chi connectivity index (χ4v) is 4.60. The molecule has 0 saturated heterocycles. The number of fused-ring (bicyclic) bond motifs is 1. The fourth-order valence-electron chi connectivity index (χ4n) is 3.54. The van der Waals surface area contributed by atoms with Gasteiger partial charge in [-0.2, -0.15) is 0 Å². The molecule has 4 aromatic rings. The van der Waals surface area contributed by atoms with Gasteiger partial charge in [0.2, 0.25) is 0 Å². The summed E-state index contributed by atoms with van der Waals surface area (Å²) in [7, 11) is -0.500. The maximum atomic E-state index is 12.7. The van der Waals surface area contributed by atoms with Crippen LogP contribution < -0.4 is 20.3 Å². The van der Waals surface area contributed by atoms with Crippen LogP contribution in [0.1, 0.15) is 18.8 Å². The summed E-state index contributed by atoms with van der Waals surface area (Å²) in [4.78, 5) is 17.4. The first-order valence-electron chi connectivity index (χ1n) is 10.3. The Morgan fingerprint density at radius 1 is 0.939 bits per heavy atom. The van der Waals surface area contributed by atoms with Gasteiger partial charge in [-0.1, -0.05) is 12.1 Å². The Bertz CT molecular complexity index is 1450. The number of aromatic nitrogens is 2. The van der Waals surface area contributed by atoms with Crippen molar-refractivity contribution < 1.29 is 13.2 Å². The highest BCUT2D eigenvalue weighted by atomic mass is 32.2. The maximum absolute atomic E-state index is 12.7. The van der Waals surface area contributed by atoms with E-state index in [-0.39, 0.29) is 16.5 Å². The van der Waals surface area contributed by atoms with Crippen molar-refractivity contribution in [2.45, 2.75) is 17.9 Å². The number of nitrogens with zero attached hydrogens (tertiary/aromatic N) is 2. The van der Waals surface area contributed by atoms with E-state index < -0.39 is 10.0 Å². The van der Waals surface area contributed by atoms with Crippen LogP contribution in [0.15, 0.2) is 82.5 Å². The molecule has 170 valence electrons. The highest BCUT2D eigenvalue weighted by Gasteiger charge is 2.16. The van der Waals surface area contributed by atoms with Crippen LogP contribution in [0.2, 0.25) is 0 Å². The minimum Gasteiger partial charge on any atom is -0.497 e. The predicted octanol–water partition coefficient (Wildman–Crippen LogP) is 3.92. The van der Waals surface area contributed by atoms with Crippen LogP contribution in [0.4, 0.5) is 11.4 Å². The van der Waals surface area contributed by atoms with Crippen LogP contribution in [0.25, 0.3) is 10.9 Å². The minimum atomic E-state index is -3.72. The third-order valence-electron chi connectivity index (χ3n) is 5.30. The second-order valence-corrected chi connectivity index (χ2v) is 9.26. The summed E-state index contributed by atoms with van der Waals surface area (Å²) in [6.45, 7) is 1.91. The highest BCUT2D eigenvalue weighted by Crippen LogP contribution is 2.23. The number of benzene rings is 3. The van der Waals surface area contributed by atoms with E-state index in [1.165, 1.54) is 23.8 Å². The largest absolute Gasteiger partial charge is 0.497 e. The van der Waals surface area contributed by atoms with Gasteiger partial charge in [0, 0.05) is 18.4 Å². The Balaban J connectivity index is 1.50. The van der Waals surface area contributed by atoms with Gasteiger partial charge < -0.3 is 10.1 Å². The maximum Gasteiger partial charge on any atom is 0.261 e.